The van der Waals surface area contributed by atoms with E-state index in [1.165, 1.54) is 0 Å². The number of azo groups is 1. The number of carbonyl (C=O) groups is 1. The van der Waals surface area contributed by atoms with Crippen LogP contribution in [0.5, 0.6) is 0 Å². The monoisotopic (exact) mass is 195 g/mol. The second-order valence-electron chi connectivity index (χ2n) is 5.21. The second-order valence-corrected chi connectivity index (χ2v) is 5.21. The van der Waals surface area contributed by atoms with Gasteiger partial charge in [-0.15, -0.1) is 0 Å². The summed E-state index contributed by atoms with van der Waals surface area (Å²) < 4.78 is 0. The Labute approximate surface area is 84.2 Å². The first kappa shape index (κ1) is 9.77. The quantitative estimate of drug-likeness (QED) is 0.687. The van der Waals surface area contributed by atoms with Crippen LogP contribution in [0.2, 0.25) is 0 Å². The lowest BCUT2D eigenvalue weighted by atomic mass is 9.85. The molecule has 0 amide bonds. The summed E-state index contributed by atoms with van der Waals surface area (Å²) in [5.74, 6) is 0.744. The molecular formula is C10H17N3O. The minimum Gasteiger partial charge on any atom is -0.297 e. The molecule has 2 aliphatic rings. The summed E-state index contributed by atoms with van der Waals surface area (Å²) in [5.41, 5.74) is -0.257. The van der Waals surface area contributed by atoms with Crippen LogP contribution < -0.4 is 5.32 Å². The van der Waals surface area contributed by atoms with Crippen molar-refractivity contribution in [3.63, 3.8) is 0 Å². The smallest absolute Gasteiger partial charge is 0.155 e. The molecule has 78 valence electrons. The fourth-order valence-electron chi connectivity index (χ4n) is 2.09. The summed E-state index contributed by atoms with van der Waals surface area (Å²) in [6, 6.07) is -0.00995. The summed E-state index contributed by atoms with van der Waals surface area (Å²) in [4.78, 5) is 12.0. The van der Waals surface area contributed by atoms with Gasteiger partial charge in [-0.1, -0.05) is 20.8 Å². The molecule has 2 aliphatic heterocycles. The largest absolute Gasteiger partial charge is 0.297 e. The van der Waals surface area contributed by atoms with Gasteiger partial charge in [-0.05, 0) is 6.42 Å². The van der Waals surface area contributed by atoms with Gasteiger partial charge in [-0.25, -0.2) is 0 Å². The van der Waals surface area contributed by atoms with E-state index in [0.29, 0.717) is 11.7 Å². The van der Waals surface area contributed by atoms with Gasteiger partial charge in [-0.3, -0.25) is 10.1 Å². The number of hydrogen-bond donors (Lipinski definition) is 1. The lowest BCUT2D eigenvalue weighted by molar-refractivity contribution is -0.128. The molecule has 0 bridgehead atoms. The average Bonchev–Trinajstić information content (AvgIpc) is 2.58. The molecule has 4 nitrogen and oxygen atoms in total. The van der Waals surface area contributed by atoms with E-state index in [4.69, 9.17) is 0 Å². The third-order valence-electron chi connectivity index (χ3n) is 2.93. The van der Waals surface area contributed by atoms with Crippen LogP contribution in [0.4, 0.5) is 0 Å². The molecule has 3 unspecified atom stereocenters. The van der Waals surface area contributed by atoms with Gasteiger partial charge in [0.2, 0.25) is 0 Å². The molecule has 4 heteroatoms. The number of rotatable bonds is 1. The number of fused-ring (bicyclic) bond motifs is 1. The van der Waals surface area contributed by atoms with Crippen molar-refractivity contribution in [2.24, 2.45) is 21.6 Å². The van der Waals surface area contributed by atoms with Crippen LogP contribution in [0.15, 0.2) is 10.2 Å². The number of nitrogens with one attached hydrogen (secondary N) is 1. The molecule has 14 heavy (non-hydrogen) atoms. The fraction of sp³-hybridized carbons (Fsp3) is 0.900. The van der Waals surface area contributed by atoms with E-state index >= 15 is 0 Å². The molecule has 0 aromatic carbocycles. The standard InChI is InChI=1S/C10H17N3O/c1-10(2,3)8(14)7-4-6-5-11-13-9(6)12-7/h6-7,9,12H,4-5H2,1-3H3. The normalized spacial score (nSPS) is 36.1. The number of carbonyl (C=O) groups excluding carboxylic acids is 1. The molecule has 0 spiro atoms. The van der Waals surface area contributed by atoms with Crippen LogP contribution in [0.1, 0.15) is 27.2 Å². The van der Waals surface area contributed by atoms with Gasteiger partial charge in [0.15, 0.2) is 5.78 Å². The lowest BCUT2D eigenvalue weighted by Gasteiger charge is -2.21. The first-order valence-electron chi connectivity index (χ1n) is 5.15. The molecule has 1 N–H and O–H groups in total. The Bertz CT molecular complexity index is 280. The summed E-state index contributed by atoms with van der Waals surface area (Å²) in [6.45, 7) is 6.68. The molecule has 2 heterocycles. The average molecular weight is 195 g/mol. The van der Waals surface area contributed by atoms with Crippen molar-refractivity contribution >= 4 is 5.78 Å². The first-order valence-corrected chi connectivity index (χ1v) is 5.15. The number of ketones is 1. The highest BCUT2D eigenvalue weighted by Crippen LogP contribution is 2.30. The van der Waals surface area contributed by atoms with Gasteiger partial charge < -0.3 is 0 Å². The van der Waals surface area contributed by atoms with Crippen LogP contribution in [-0.2, 0) is 4.79 Å². The van der Waals surface area contributed by atoms with Crippen molar-refractivity contribution in [2.45, 2.75) is 39.4 Å². The highest BCUT2D eigenvalue weighted by Gasteiger charge is 2.42. The lowest BCUT2D eigenvalue weighted by Crippen LogP contribution is -2.40. The number of Topliss-reactive ketones (excluding diaryl/α,β-unsaturated/α-hetero) is 1. The van der Waals surface area contributed by atoms with Gasteiger partial charge in [0, 0.05) is 11.3 Å². The minimum absolute atomic E-state index is 0.00995. The van der Waals surface area contributed by atoms with Crippen molar-refractivity contribution in [2.75, 3.05) is 6.54 Å². The Morgan fingerprint density at radius 3 is 2.71 bits per heavy atom. The summed E-state index contributed by atoms with van der Waals surface area (Å²) in [5, 5.41) is 11.3. The summed E-state index contributed by atoms with van der Waals surface area (Å²) in [6.07, 6.45) is 1.000. The predicted octanol–water partition coefficient (Wildman–Crippen LogP) is 1.37. The molecule has 1 fully saturated rings. The van der Waals surface area contributed by atoms with E-state index in [1.54, 1.807) is 0 Å². The maximum atomic E-state index is 12.0. The van der Waals surface area contributed by atoms with Gasteiger partial charge in [0.05, 0.1) is 12.6 Å². The highest BCUT2D eigenvalue weighted by molar-refractivity contribution is 5.89. The van der Waals surface area contributed by atoms with Crippen LogP contribution in [-0.4, -0.2) is 24.5 Å². The molecule has 0 aromatic rings. The molecule has 0 aromatic heterocycles. The van der Waals surface area contributed by atoms with Gasteiger partial charge in [0.25, 0.3) is 0 Å². The van der Waals surface area contributed by atoms with E-state index in [0.717, 1.165) is 13.0 Å². The zero-order valence-corrected chi connectivity index (χ0v) is 8.95. The fourth-order valence-corrected chi connectivity index (χ4v) is 2.09. The van der Waals surface area contributed by atoms with Crippen molar-refractivity contribution in [3.05, 3.63) is 0 Å². The molecule has 0 aliphatic carbocycles. The topological polar surface area (TPSA) is 53.8 Å². The Balaban J connectivity index is 2.03. The van der Waals surface area contributed by atoms with Crippen molar-refractivity contribution < 1.29 is 4.79 Å². The summed E-state index contributed by atoms with van der Waals surface area (Å²) >= 11 is 0. The van der Waals surface area contributed by atoms with E-state index in [2.05, 4.69) is 15.5 Å². The zero-order valence-electron chi connectivity index (χ0n) is 8.95. The van der Waals surface area contributed by atoms with Gasteiger partial charge in [-0.2, -0.15) is 10.2 Å². The Hall–Kier alpha value is -0.770. The molecule has 2 rings (SSSR count). The van der Waals surface area contributed by atoms with Crippen LogP contribution >= 0.6 is 0 Å². The predicted molar refractivity (Wildman–Crippen MR) is 53.0 cm³/mol. The second kappa shape index (κ2) is 3.12. The van der Waals surface area contributed by atoms with Crippen LogP contribution in [0.25, 0.3) is 0 Å². The van der Waals surface area contributed by atoms with E-state index < -0.39 is 0 Å². The molecule has 0 saturated carbocycles. The third kappa shape index (κ3) is 1.59. The van der Waals surface area contributed by atoms with E-state index in [-0.39, 0.29) is 17.6 Å². The summed E-state index contributed by atoms with van der Waals surface area (Å²) in [7, 11) is 0. The Morgan fingerprint density at radius 2 is 2.14 bits per heavy atom. The first-order chi connectivity index (χ1) is 6.48. The number of hydrogen-bond acceptors (Lipinski definition) is 4. The van der Waals surface area contributed by atoms with Crippen LogP contribution in [0, 0.1) is 11.3 Å². The molecular weight excluding hydrogens is 178 g/mol. The zero-order chi connectivity index (χ0) is 10.3. The number of nitrogens with zero attached hydrogens (tertiary/aromatic N) is 2. The SMILES string of the molecule is CC(C)(C)C(=O)C1CC2CN=NC2N1. The van der Waals surface area contributed by atoms with Crippen molar-refractivity contribution in [1.82, 2.24) is 5.32 Å². The highest BCUT2D eigenvalue weighted by atomic mass is 16.1. The van der Waals surface area contributed by atoms with Crippen molar-refractivity contribution in [1.29, 1.82) is 0 Å². The Morgan fingerprint density at radius 1 is 1.43 bits per heavy atom. The minimum atomic E-state index is -0.257. The molecule has 1 saturated heterocycles. The van der Waals surface area contributed by atoms with E-state index in [9.17, 15) is 4.79 Å². The van der Waals surface area contributed by atoms with Crippen molar-refractivity contribution in [3.8, 4) is 0 Å². The molecule has 3 atom stereocenters. The maximum Gasteiger partial charge on any atom is 0.155 e. The Kier molecular flexibility index (Phi) is 2.18. The van der Waals surface area contributed by atoms with Gasteiger partial charge >= 0.3 is 0 Å². The van der Waals surface area contributed by atoms with Gasteiger partial charge in [0.1, 0.15) is 6.17 Å². The maximum absolute atomic E-state index is 12.0. The van der Waals surface area contributed by atoms with E-state index in [1.807, 2.05) is 20.8 Å². The third-order valence-corrected chi connectivity index (χ3v) is 2.93. The van der Waals surface area contributed by atoms with Crippen LogP contribution in [0.3, 0.4) is 0 Å². The molecule has 0 radical (unpaired) electrons.